The molecule has 0 amide bonds. The topological polar surface area (TPSA) is 0 Å². The summed E-state index contributed by atoms with van der Waals surface area (Å²) in [6, 6.07) is 21.8. The Kier molecular flexibility index (Phi) is 4.64. The van der Waals surface area contributed by atoms with E-state index in [1.54, 1.807) is 0 Å². The lowest BCUT2D eigenvalue weighted by atomic mass is 9.82. The highest BCUT2D eigenvalue weighted by Crippen LogP contribution is 2.51. The lowest BCUT2D eigenvalue weighted by Crippen LogP contribution is -2.10. The Balaban J connectivity index is 2.43. The summed E-state index contributed by atoms with van der Waals surface area (Å²) in [5, 5.41) is 0. The minimum absolute atomic E-state index is 0.114. The number of rotatable bonds is 2. The molecule has 0 saturated heterocycles. The van der Waals surface area contributed by atoms with Gasteiger partial charge in [0.2, 0.25) is 0 Å². The average molecular weight is 349 g/mol. The molecular weight excluding hydrogens is 320 g/mol. The lowest BCUT2D eigenvalue weighted by molar-refractivity contribution is 0.603. The molecule has 2 aromatic carbocycles. The summed E-state index contributed by atoms with van der Waals surface area (Å²) >= 11 is 1.99. The average Bonchev–Trinajstić information content (AvgIpc) is 2.97. The quantitative estimate of drug-likeness (QED) is 0.445. The zero-order valence-corrected chi connectivity index (χ0v) is 17.0. The molecule has 0 spiro atoms. The summed E-state index contributed by atoms with van der Waals surface area (Å²) in [5.74, 6) is 0. The van der Waals surface area contributed by atoms with E-state index in [-0.39, 0.29) is 10.8 Å². The molecule has 0 fully saturated rings. The predicted octanol–water partition coefficient (Wildman–Crippen LogP) is 7.68. The van der Waals surface area contributed by atoms with Crippen LogP contribution in [-0.4, -0.2) is 0 Å². The van der Waals surface area contributed by atoms with Gasteiger partial charge in [-0.2, -0.15) is 0 Å². The molecule has 130 valence electrons. The number of hydrogen-bond donors (Lipinski definition) is 0. The van der Waals surface area contributed by atoms with Gasteiger partial charge < -0.3 is 0 Å². The highest BCUT2D eigenvalue weighted by Gasteiger charge is 2.31. The molecule has 25 heavy (non-hydrogen) atoms. The third kappa shape index (κ3) is 3.57. The Labute approximate surface area is 156 Å². The normalized spacial score (nSPS) is 12.4. The van der Waals surface area contributed by atoms with Crippen LogP contribution in [0.15, 0.2) is 60.7 Å². The Morgan fingerprint density at radius 2 is 0.840 bits per heavy atom. The van der Waals surface area contributed by atoms with E-state index in [2.05, 4.69) is 102 Å². The van der Waals surface area contributed by atoms with Crippen molar-refractivity contribution < 1.29 is 0 Å². The predicted molar refractivity (Wildman–Crippen MR) is 113 cm³/mol. The molecule has 0 N–H and O–H groups in total. The van der Waals surface area contributed by atoms with Crippen molar-refractivity contribution in [3.8, 4) is 22.3 Å². The summed E-state index contributed by atoms with van der Waals surface area (Å²) in [6.07, 6.45) is 0. The van der Waals surface area contributed by atoms with Gasteiger partial charge in [-0.3, -0.25) is 0 Å². The van der Waals surface area contributed by atoms with Crippen molar-refractivity contribution in [3.63, 3.8) is 0 Å². The van der Waals surface area contributed by atoms with Crippen LogP contribution in [0.25, 0.3) is 22.3 Å². The van der Waals surface area contributed by atoms with E-state index in [0.717, 1.165) is 0 Å². The number of thiophene rings is 1. The molecule has 0 nitrogen and oxygen atoms in total. The van der Waals surface area contributed by atoms with Crippen LogP contribution in [0.1, 0.15) is 51.3 Å². The van der Waals surface area contributed by atoms with E-state index < -0.39 is 0 Å². The molecule has 0 aliphatic heterocycles. The Hall–Kier alpha value is -1.86. The minimum Gasteiger partial charge on any atom is -0.143 e. The molecule has 0 saturated carbocycles. The molecule has 0 radical (unpaired) electrons. The van der Waals surface area contributed by atoms with Crippen LogP contribution in [0, 0.1) is 0 Å². The molecule has 1 aromatic heterocycles. The molecule has 3 aromatic rings. The van der Waals surface area contributed by atoms with E-state index in [0.29, 0.717) is 0 Å². The largest absolute Gasteiger partial charge is 0.143 e. The second kappa shape index (κ2) is 6.46. The van der Waals surface area contributed by atoms with Crippen molar-refractivity contribution in [2.75, 3.05) is 0 Å². The highest BCUT2D eigenvalue weighted by atomic mass is 32.1. The van der Waals surface area contributed by atoms with E-state index in [1.807, 2.05) is 11.3 Å². The van der Waals surface area contributed by atoms with Gasteiger partial charge in [0.25, 0.3) is 0 Å². The SMILES string of the molecule is CC(C)(C)c1sc(C(C)(C)C)c(-c2ccccc2)c1-c1ccccc1. The number of benzene rings is 2. The third-order valence-electron chi connectivity index (χ3n) is 4.40. The molecule has 0 aliphatic carbocycles. The number of hydrogen-bond acceptors (Lipinski definition) is 1. The van der Waals surface area contributed by atoms with Gasteiger partial charge in [0.1, 0.15) is 0 Å². The van der Waals surface area contributed by atoms with Crippen LogP contribution >= 0.6 is 11.3 Å². The van der Waals surface area contributed by atoms with Gasteiger partial charge in [-0.25, -0.2) is 0 Å². The summed E-state index contributed by atoms with van der Waals surface area (Å²) < 4.78 is 0. The molecule has 1 heteroatoms. The first-order chi connectivity index (χ1) is 11.7. The van der Waals surface area contributed by atoms with Crippen molar-refractivity contribution in [1.82, 2.24) is 0 Å². The van der Waals surface area contributed by atoms with Crippen molar-refractivity contribution >= 4 is 11.3 Å². The van der Waals surface area contributed by atoms with Crippen molar-refractivity contribution in [3.05, 3.63) is 70.4 Å². The van der Waals surface area contributed by atoms with Crippen LogP contribution in [0.5, 0.6) is 0 Å². The summed E-state index contributed by atoms with van der Waals surface area (Å²) in [7, 11) is 0. The van der Waals surface area contributed by atoms with Gasteiger partial charge in [-0.15, -0.1) is 11.3 Å². The van der Waals surface area contributed by atoms with Crippen LogP contribution < -0.4 is 0 Å². The molecule has 0 aliphatic rings. The maximum Gasteiger partial charge on any atom is 0.0187 e. The Morgan fingerprint density at radius 3 is 1.12 bits per heavy atom. The van der Waals surface area contributed by atoms with Gasteiger partial charge in [0.15, 0.2) is 0 Å². The van der Waals surface area contributed by atoms with Crippen LogP contribution in [-0.2, 0) is 10.8 Å². The second-order valence-corrected chi connectivity index (χ2v) is 9.76. The van der Waals surface area contributed by atoms with Crippen molar-refractivity contribution in [2.24, 2.45) is 0 Å². The molecule has 3 rings (SSSR count). The lowest BCUT2D eigenvalue weighted by Gasteiger charge is -2.20. The molecular formula is C24H28S. The molecule has 0 unspecified atom stereocenters. The molecule has 0 bridgehead atoms. The van der Waals surface area contributed by atoms with E-state index in [9.17, 15) is 0 Å². The van der Waals surface area contributed by atoms with Gasteiger partial charge in [-0.05, 0) is 22.0 Å². The summed E-state index contributed by atoms with van der Waals surface area (Å²) in [6.45, 7) is 14.0. The fourth-order valence-electron chi connectivity index (χ4n) is 3.25. The van der Waals surface area contributed by atoms with E-state index in [4.69, 9.17) is 0 Å². The summed E-state index contributed by atoms with van der Waals surface area (Å²) in [5.41, 5.74) is 5.69. The molecule has 0 atom stereocenters. The monoisotopic (exact) mass is 348 g/mol. The Bertz CT molecular complexity index is 769. The maximum absolute atomic E-state index is 2.33. The van der Waals surface area contributed by atoms with Crippen LogP contribution in [0.4, 0.5) is 0 Å². The van der Waals surface area contributed by atoms with E-state index in [1.165, 1.54) is 32.0 Å². The first-order valence-electron chi connectivity index (χ1n) is 8.98. The smallest absolute Gasteiger partial charge is 0.0187 e. The molecule has 1 heterocycles. The fraction of sp³-hybridized carbons (Fsp3) is 0.333. The van der Waals surface area contributed by atoms with Crippen LogP contribution in [0.2, 0.25) is 0 Å². The maximum atomic E-state index is 2.33. The van der Waals surface area contributed by atoms with Gasteiger partial charge in [0, 0.05) is 20.9 Å². The Morgan fingerprint density at radius 1 is 0.520 bits per heavy atom. The van der Waals surface area contributed by atoms with Crippen molar-refractivity contribution in [2.45, 2.75) is 52.4 Å². The van der Waals surface area contributed by atoms with Gasteiger partial charge >= 0.3 is 0 Å². The third-order valence-corrected chi connectivity index (χ3v) is 6.44. The second-order valence-electron chi connectivity index (χ2n) is 8.74. The first kappa shape index (κ1) is 17.9. The standard InChI is InChI=1S/C24H28S/c1-23(2,3)21-19(17-13-9-7-10-14-17)20(18-15-11-8-12-16-18)22(25-21)24(4,5)6/h7-16H,1-6H3. The van der Waals surface area contributed by atoms with Gasteiger partial charge in [-0.1, -0.05) is 102 Å². The zero-order valence-electron chi connectivity index (χ0n) is 16.2. The minimum atomic E-state index is 0.114. The summed E-state index contributed by atoms with van der Waals surface area (Å²) in [4.78, 5) is 2.95. The van der Waals surface area contributed by atoms with Gasteiger partial charge in [0.05, 0.1) is 0 Å². The van der Waals surface area contributed by atoms with Crippen molar-refractivity contribution in [1.29, 1.82) is 0 Å². The van der Waals surface area contributed by atoms with Crippen LogP contribution in [0.3, 0.4) is 0 Å². The first-order valence-corrected chi connectivity index (χ1v) is 9.80. The van der Waals surface area contributed by atoms with E-state index >= 15 is 0 Å². The highest BCUT2D eigenvalue weighted by molar-refractivity contribution is 7.13. The fourth-order valence-corrected chi connectivity index (χ4v) is 4.71. The zero-order chi connectivity index (χ0) is 18.2.